The first-order valence-corrected chi connectivity index (χ1v) is 5.48. The fourth-order valence-corrected chi connectivity index (χ4v) is 3.48. The molecule has 3 fully saturated rings. The van der Waals surface area contributed by atoms with Gasteiger partial charge in [-0.1, -0.05) is 24.3 Å². The van der Waals surface area contributed by atoms with E-state index in [9.17, 15) is 5.11 Å². The lowest BCUT2D eigenvalue weighted by Crippen LogP contribution is -2.49. The predicted octanol–water partition coefficient (Wildman–Crippen LogP) is 2.41. The van der Waals surface area contributed by atoms with Crippen LogP contribution in [-0.4, -0.2) is 11.2 Å². The molecule has 4 rings (SSSR count). The van der Waals surface area contributed by atoms with E-state index < -0.39 is 0 Å². The number of rotatable bonds is 1. The summed E-state index contributed by atoms with van der Waals surface area (Å²) in [5.41, 5.74) is 2.86. The van der Waals surface area contributed by atoms with E-state index in [1.54, 1.807) is 0 Å². The third-order valence-electron chi connectivity index (χ3n) is 4.28. The van der Waals surface area contributed by atoms with Gasteiger partial charge in [0, 0.05) is 5.41 Å². The van der Waals surface area contributed by atoms with Crippen molar-refractivity contribution in [2.75, 3.05) is 0 Å². The molecule has 3 atom stereocenters. The highest BCUT2D eigenvalue weighted by Crippen LogP contribution is 2.60. The van der Waals surface area contributed by atoms with Crippen LogP contribution in [0.3, 0.4) is 0 Å². The molecule has 0 aliphatic heterocycles. The molecule has 3 unspecified atom stereocenters. The number of benzene rings is 1. The van der Waals surface area contributed by atoms with Crippen LogP contribution < -0.4 is 0 Å². The second-order valence-corrected chi connectivity index (χ2v) is 4.92. The number of aryl methyl sites for hydroxylation is 1. The van der Waals surface area contributed by atoms with Crippen LogP contribution in [0, 0.1) is 12.8 Å². The van der Waals surface area contributed by atoms with Gasteiger partial charge in [0.1, 0.15) is 0 Å². The normalized spacial score (nSPS) is 39.6. The summed E-state index contributed by atoms with van der Waals surface area (Å²) < 4.78 is 0. The molecule has 0 amide bonds. The summed E-state index contributed by atoms with van der Waals surface area (Å²) in [6.07, 6.45) is 3.54. The molecule has 3 saturated carbocycles. The van der Waals surface area contributed by atoms with E-state index in [0.29, 0.717) is 5.92 Å². The van der Waals surface area contributed by atoms with Gasteiger partial charge in [0.05, 0.1) is 6.10 Å². The Kier molecular flexibility index (Phi) is 1.58. The number of aliphatic hydroxyl groups excluding tert-OH is 1. The number of fused-ring (bicyclic) bond motifs is 1. The van der Waals surface area contributed by atoms with E-state index >= 15 is 0 Å². The summed E-state index contributed by atoms with van der Waals surface area (Å²) in [6, 6.07) is 8.52. The summed E-state index contributed by atoms with van der Waals surface area (Å²) in [6.45, 7) is 2.16. The molecule has 1 heteroatoms. The Labute approximate surface area is 84.8 Å². The maximum Gasteiger partial charge on any atom is 0.0665 e. The van der Waals surface area contributed by atoms with Crippen molar-refractivity contribution in [3.63, 3.8) is 0 Å². The van der Waals surface area contributed by atoms with E-state index in [-0.39, 0.29) is 11.5 Å². The van der Waals surface area contributed by atoms with Gasteiger partial charge in [0.15, 0.2) is 0 Å². The molecule has 1 aromatic carbocycles. The molecule has 0 spiro atoms. The van der Waals surface area contributed by atoms with Crippen molar-refractivity contribution in [2.24, 2.45) is 5.92 Å². The predicted molar refractivity (Wildman–Crippen MR) is 56.2 cm³/mol. The molecular formula is C13H16O. The van der Waals surface area contributed by atoms with Crippen LogP contribution in [0.25, 0.3) is 0 Å². The quantitative estimate of drug-likeness (QED) is 0.717. The summed E-state index contributed by atoms with van der Waals surface area (Å²) >= 11 is 0. The van der Waals surface area contributed by atoms with E-state index in [4.69, 9.17) is 0 Å². The third-order valence-corrected chi connectivity index (χ3v) is 4.28. The van der Waals surface area contributed by atoms with Gasteiger partial charge >= 0.3 is 0 Å². The van der Waals surface area contributed by atoms with Crippen molar-refractivity contribution in [2.45, 2.75) is 37.7 Å². The highest BCUT2D eigenvalue weighted by atomic mass is 16.3. The zero-order valence-electron chi connectivity index (χ0n) is 8.53. The monoisotopic (exact) mass is 188 g/mol. The first-order chi connectivity index (χ1) is 6.74. The van der Waals surface area contributed by atoms with Crippen LogP contribution in [0.1, 0.15) is 30.4 Å². The average Bonchev–Trinajstić information content (AvgIpc) is 2.76. The van der Waals surface area contributed by atoms with Crippen molar-refractivity contribution in [3.05, 3.63) is 35.4 Å². The molecular weight excluding hydrogens is 172 g/mol. The Bertz CT molecular complexity index is 367. The van der Waals surface area contributed by atoms with Gasteiger partial charge in [-0.05, 0) is 43.2 Å². The minimum atomic E-state index is -0.0661. The molecule has 0 saturated heterocycles. The fraction of sp³-hybridized carbons (Fsp3) is 0.538. The Hall–Kier alpha value is -0.820. The standard InChI is InChI=1S/C13H16O/c1-9-4-2-3-5-11(9)13-7-6-10(8-13)12(13)14/h2-5,10,12,14H,6-8H2,1H3. The Balaban J connectivity index is 2.07. The lowest BCUT2D eigenvalue weighted by Gasteiger charge is -2.45. The molecule has 1 nitrogen and oxygen atoms in total. The lowest BCUT2D eigenvalue weighted by atomic mass is 9.62. The van der Waals surface area contributed by atoms with Crippen molar-refractivity contribution in [3.8, 4) is 0 Å². The van der Waals surface area contributed by atoms with Crippen LogP contribution in [0.2, 0.25) is 0 Å². The summed E-state index contributed by atoms with van der Waals surface area (Å²) in [5.74, 6) is 0.592. The van der Waals surface area contributed by atoms with Gasteiger partial charge in [-0.3, -0.25) is 0 Å². The Morgan fingerprint density at radius 3 is 2.71 bits per heavy atom. The molecule has 0 radical (unpaired) electrons. The maximum absolute atomic E-state index is 10.1. The summed E-state index contributed by atoms with van der Waals surface area (Å²) in [4.78, 5) is 0. The first kappa shape index (κ1) is 8.49. The molecule has 74 valence electrons. The summed E-state index contributed by atoms with van der Waals surface area (Å²) in [5, 5.41) is 10.1. The fourth-order valence-electron chi connectivity index (χ4n) is 3.48. The Morgan fingerprint density at radius 2 is 2.14 bits per heavy atom. The maximum atomic E-state index is 10.1. The summed E-state index contributed by atoms with van der Waals surface area (Å²) in [7, 11) is 0. The molecule has 14 heavy (non-hydrogen) atoms. The molecule has 3 aliphatic rings. The van der Waals surface area contributed by atoms with Gasteiger partial charge in [-0.15, -0.1) is 0 Å². The zero-order chi connectivity index (χ0) is 9.76. The number of hydrogen-bond donors (Lipinski definition) is 1. The van der Waals surface area contributed by atoms with Crippen molar-refractivity contribution in [1.82, 2.24) is 0 Å². The SMILES string of the molecule is Cc1ccccc1C12CCC(C1)C2O. The van der Waals surface area contributed by atoms with E-state index in [0.717, 1.165) is 0 Å². The molecule has 0 heterocycles. The highest BCUT2D eigenvalue weighted by Gasteiger charge is 2.59. The van der Waals surface area contributed by atoms with Crippen molar-refractivity contribution in [1.29, 1.82) is 0 Å². The van der Waals surface area contributed by atoms with Crippen molar-refractivity contribution < 1.29 is 5.11 Å². The third kappa shape index (κ3) is 0.838. The second-order valence-electron chi connectivity index (χ2n) is 4.92. The molecule has 0 aromatic heterocycles. The number of aliphatic hydroxyl groups is 1. The number of hydrogen-bond acceptors (Lipinski definition) is 1. The highest BCUT2D eigenvalue weighted by molar-refractivity contribution is 5.40. The zero-order valence-corrected chi connectivity index (χ0v) is 8.53. The minimum absolute atomic E-state index is 0.0661. The molecule has 1 N–H and O–H groups in total. The van der Waals surface area contributed by atoms with Crippen LogP contribution in [0.5, 0.6) is 0 Å². The second kappa shape index (κ2) is 2.60. The van der Waals surface area contributed by atoms with E-state index in [1.807, 2.05) is 0 Å². The minimum Gasteiger partial charge on any atom is -0.392 e. The van der Waals surface area contributed by atoms with Crippen LogP contribution >= 0.6 is 0 Å². The van der Waals surface area contributed by atoms with E-state index in [2.05, 4.69) is 31.2 Å². The molecule has 3 aliphatic carbocycles. The molecule has 2 bridgehead atoms. The van der Waals surface area contributed by atoms with Gasteiger partial charge in [0.25, 0.3) is 0 Å². The smallest absolute Gasteiger partial charge is 0.0665 e. The van der Waals surface area contributed by atoms with Gasteiger partial charge in [0.2, 0.25) is 0 Å². The van der Waals surface area contributed by atoms with Crippen LogP contribution in [-0.2, 0) is 5.41 Å². The van der Waals surface area contributed by atoms with Gasteiger partial charge in [-0.25, -0.2) is 0 Å². The van der Waals surface area contributed by atoms with Crippen LogP contribution in [0.15, 0.2) is 24.3 Å². The topological polar surface area (TPSA) is 20.2 Å². The van der Waals surface area contributed by atoms with Crippen LogP contribution in [0.4, 0.5) is 0 Å². The molecule has 1 aromatic rings. The van der Waals surface area contributed by atoms with Gasteiger partial charge < -0.3 is 5.11 Å². The Morgan fingerprint density at radius 1 is 1.36 bits per heavy atom. The average molecular weight is 188 g/mol. The van der Waals surface area contributed by atoms with E-state index in [1.165, 1.54) is 30.4 Å². The first-order valence-electron chi connectivity index (χ1n) is 5.48. The largest absolute Gasteiger partial charge is 0.392 e. The van der Waals surface area contributed by atoms with Crippen molar-refractivity contribution >= 4 is 0 Å². The lowest BCUT2D eigenvalue weighted by molar-refractivity contribution is -0.0177. The van der Waals surface area contributed by atoms with Gasteiger partial charge in [-0.2, -0.15) is 0 Å².